The number of halogens is 1. The number of rotatable bonds is 5. The van der Waals surface area contributed by atoms with Gasteiger partial charge < -0.3 is 4.74 Å². The van der Waals surface area contributed by atoms with Gasteiger partial charge in [-0.3, -0.25) is 14.1 Å². The molecule has 3 aromatic rings. The summed E-state index contributed by atoms with van der Waals surface area (Å²) < 4.78 is 35.0. The van der Waals surface area contributed by atoms with E-state index in [9.17, 15) is 13.2 Å². The second-order valence-electron chi connectivity index (χ2n) is 5.20. The molecule has 0 fully saturated rings. The molecule has 25 heavy (non-hydrogen) atoms. The molecule has 0 radical (unpaired) electrons. The topological polar surface area (TPSA) is 77.4 Å². The van der Waals surface area contributed by atoms with Crippen LogP contribution in [0.3, 0.4) is 0 Å². The first kappa shape index (κ1) is 17.8. The first-order chi connectivity index (χ1) is 11.9. The van der Waals surface area contributed by atoms with Gasteiger partial charge in [0, 0.05) is 6.54 Å². The van der Waals surface area contributed by atoms with Crippen molar-refractivity contribution in [3.05, 3.63) is 51.1 Å². The third kappa shape index (κ3) is 3.37. The lowest BCUT2D eigenvalue weighted by Gasteiger charge is -2.10. The highest BCUT2D eigenvalue weighted by Gasteiger charge is 2.17. The second kappa shape index (κ2) is 6.70. The van der Waals surface area contributed by atoms with Crippen molar-refractivity contribution in [1.29, 1.82) is 0 Å². The number of nitrogens with one attached hydrogen (secondary N) is 1. The van der Waals surface area contributed by atoms with Crippen molar-refractivity contribution in [2.24, 2.45) is 0 Å². The largest absolute Gasteiger partial charge is 0.495 e. The van der Waals surface area contributed by atoms with E-state index in [4.69, 9.17) is 16.3 Å². The first-order valence-electron chi connectivity index (χ1n) is 7.35. The van der Waals surface area contributed by atoms with Crippen molar-refractivity contribution in [2.75, 3.05) is 11.8 Å². The van der Waals surface area contributed by atoms with Gasteiger partial charge in [0.05, 0.1) is 32.9 Å². The molecule has 0 aliphatic heterocycles. The maximum atomic E-state index is 12.6. The molecule has 1 N–H and O–H groups in total. The van der Waals surface area contributed by atoms with Gasteiger partial charge in [0.1, 0.15) is 5.75 Å². The number of thiazole rings is 1. The quantitative estimate of drug-likeness (QED) is 0.713. The number of methoxy groups -OCH3 is 1. The van der Waals surface area contributed by atoms with Crippen LogP contribution in [0.4, 0.5) is 5.69 Å². The van der Waals surface area contributed by atoms with Crippen LogP contribution in [0.5, 0.6) is 5.75 Å². The molecule has 0 saturated carbocycles. The van der Waals surface area contributed by atoms with Gasteiger partial charge in [0.2, 0.25) is 0 Å². The monoisotopic (exact) mass is 398 g/mol. The van der Waals surface area contributed by atoms with Crippen LogP contribution in [0.2, 0.25) is 5.02 Å². The normalized spacial score (nSPS) is 11.6. The zero-order valence-corrected chi connectivity index (χ0v) is 15.8. The molecule has 0 atom stereocenters. The summed E-state index contributed by atoms with van der Waals surface area (Å²) in [5.41, 5.74) is 1.05. The van der Waals surface area contributed by atoms with Crippen LogP contribution in [-0.4, -0.2) is 20.1 Å². The van der Waals surface area contributed by atoms with E-state index in [2.05, 4.69) is 4.72 Å². The first-order valence-corrected chi connectivity index (χ1v) is 10.0. The number of sulfonamides is 1. The lowest BCUT2D eigenvalue weighted by molar-refractivity contribution is 0.415. The van der Waals surface area contributed by atoms with Gasteiger partial charge in [-0.2, -0.15) is 0 Å². The van der Waals surface area contributed by atoms with Crippen LogP contribution in [0.1, 0.15) is 6.92 Å². The van der Waals surface area contributed by atoms with Crippen molar-refractivity contribution >= 4 is 48.9 Å². The van der Waals surface area contributed by atoms with E-state index in [1.54, 1.807) is 22.8 Å². The van der Waals surface area contributed by atoms with Crippen molar-refractivity contribution in [2.45, 2.75) is 18.4 Å². The Morgan fingerprint density at radius 1 is 1.24 bits per heavy atom. The number of aromatic nitrogens is 1. The molecule has 6 nitrogen and oxygen atoms in total. The fourth-order valence-corrected chi connectivity index (χ4v) is 4.86. The van der Waals surface area contributed by atoms with Crippen LogP contribution >= 0.6 is 22.9 Å². The van der Waals surface area contributed by atoms with Gasteiger partial charge in [-0.05, 0) is 43.3 Å². The molecule has 9 heteroatoms. The molecular weight excluding hydrogens is 384 g/mol. The Hall–Kier alpha value is -2.03. The number of hydrogen-bond donors (Lipinski definition) is 1. The summed E-state index contributed by atoms with van der Waals surface area (Å²) in [4.78, 5) is 11.9. The van der Waals surface area contributed by atoms with E-state index >= 15 is 0 Å². The smallest absolute Gasteiger partial charge is 0.308 e. The molecule has 0 saturated heterocycles. The lowest BCUT2D eigenvalue weighted by atomic mass is 10.3. The highest BCUT2D eigenvalue weighted by atomic mass is 35.5. The average molecular weight is 399 g/mol. The Balaban J connectivity index is 1.98. The highest BCUT2D eigenvalue weighted by molar-refractivity contribution is 7.92. The Morgan fingerprint density at radius 2 is 2.00 bits per heavy atom. The van der Waals surface area contributed by atoms with Crippen LogP contribution < -0.4 is 14.3 Å². The number of ether oxygens (including phenoxy) is 1. The predicted molar refractivity (Wildman–Crippen MR) is 101 cm³/mol. The van der Waals surface area contributed by atoms with Gasteiger partial charge in [-0.1, -0.05) is 22.9 Å². The zero-order valence-electron chi connectivity index (χ0n) is 13.4. The van der Waals surface area contributed by atoms with Crippen molar-refractivity contribution in [3.63, 3.8) is 0 Å². The summed E-state index contributed by atoms with van der Waals surface area (Å²) >= 11 is 7.05. The minimum absolute atomic E-state index is 0.0800. The second-order valence-corrected chi connectivity index (χ2v) is 8.28. The molecule has 1 aromatic heterocycles. The molecule has 0 unspecified atom stereocenters. The molecule has 0 bridgehead atoms. The van der Waals surface area contributed by atoms with E-state index in [1.165, 1.54) is 25.3 Å². The van der Waals surface area contributed by atoms with Crippen molar-refractivity contribution in [3.8, 4) is 5.75 Å². The Bertz CT molecular complexity index is 1100. The standard InChI is InChI=1S/C16H15ClN2O4S2/c1-3-19-13-6-5-11(9-15(13)24-16(19)20)25(21,22)18-10-4-7-14(23-2)12(17)8-10/h4-9,18H,3H2,1-2H3. The van der Waals surface area contributed by atoms with Crippen LogP contribution in [0, 0.1) is 0 Å². The molecular formula is C16H15ClN2O4S2. The number of anilines is 1. The molecule has 2 aromatic carbocycles. The number of fused-ring (bicyclic) bond motifs is 1. The van der Waals surface area contributed by atoms with Crippen LogP contribution in [0.15, 0.2) is 46.1 Å². The summed E-state index contributed by atoms with van der Waals surface area (Å²) in [7, 11) is -2.33. The van der Waals surface area contributed by atoms with Crippen molar-refractivity contribution in [1.82, 2.24) is 4.57 Å². The molecule has 0 aliphatic carbocycles. The maximum absolute atomic E-state index is 12.6. The van der Waals surface area contributed by atoms with E-state index in [-0.39, 0.29) is 9.77 Å². The summed E-state index contributed by atoms with van der Waals surface area (Å²) in [5, 5.41) is 0.302. The van der Waals surface area contributed by atoms with Gasteiger partial charge >= 0.3 is 4.87 Å². The zero-order chi connectivity index (χ0) is 18.2. The lowest BCUT2D eigenvalue weighted by Crippen LogP contribution is -2.13. The number of aryl methyl sites for hydroxylation is 1. The summed E-state index contributed by atoms with van der Waals surface area (Å²) in [6.45, 7) is 2.40. The average Bonchev–Trinajstić information content (AvgIpc) is 2.88. The maximum Gasteiger partial charge on any atom is 0.308 e. The third-order valence-corrected chi connectivity index (χ3v) is 6.29. The molecule has 0 amide bonds. The van der Waals surface area contributed by atoms with Crippen LogP contribution in [0.25, 0.3) is 10.2 Å². The summed E-state index contributed by atoms with van der Waals surface area (Å²) in [6, 6.07) is 9.24. The van der Waals surface area contributed by atoms with Crippen LogP contribution in [-0.2, 0) is 16.6 Å². The van der Waals surface area contributed by atoms with E-state index < -0.39 is 10.0 Å². The summed E-state index contributed by atoms with van der Waals surface area (Å²) in [5.74, 6) is 0.455. The van der Waals surface area contributed by atoms with Gasteiger partial charge in [-0.25, -0.2) is 8.42 Å². The van der Waals surface area contributed by atoms with Gasteiger partial charge in [0.25, 0.3) is 10.0 Å². The number of hydrogen-bond acceptors (Lipinski definition) is 5. The fraction of sp³-hybridized carbons (Fsp3) is 0.188. The highest BCUT2D eigenvalue weighted by Crippen LogP contribution is 2.29. The predicted octanol–water partition coefficient (Wildman–Crippen LogP) is 3.55. The Morgan fingerprint density at radius 3 is 2.64 bits per heavy atom. The molecule has 0 spiro atoms. The molecule has 132 valence electrons. The van der Waals surface area contributed by atoms with Gasteiger partial charge in [-0.15, -0.1) is 0 Å². The number of benzene rings is 2. The fourth-order valence-electron chi connectivity index (χ4n) is 2.46. The Labute approximate surface area is 153 Å². The number of nitrogens with zero attached hydrogens (tertiary/aromatic N) is 1. The Kier molecular flexibility index (Phi) is 4.77. The van der Waals surface area contributed by atoms with Crippen molar-refractivity contribution < 1.29 is 13.2 Å². The van der Waals surface area contributed by atoms with E-state index in [0.717, 1.165) is 16.9 Å². The molecule has 1 heterocycles. The summed E-state index contributed by atoms with van der Waals surface area (Å²) in [6.07, 6.45) is 0. The third-order valence-electron chi connectivity index (χ3n) is 3.67. The van der Waals surface area contributed by atoms with E-state index in [0.29, 0.717) is 27.7 Å². The SMILES string of the molecule is CCn1c(=O)sc2cc(S(=O)(=O)Nc3ccc(OC)c(Cl)c3)ccc21. The molecule has 3 rings (SSSR count). The minimum Gasteiger partial charge on any atom is -0.495 e. The molecule has 0 aliphatic rings. The van der Waals surface area contributed by atoms with E-state index in [1.807, 2.05) is 6.92 Å². The van der Waals surface area contributed by atoms with Gasteiger partial charge in [0.15, 0.2) is 0 Å². The minimum atomic E-state index is -3.81.